The molecule has 1 aliphatic carbocycles. The van der Waals surface area contributed by atoms with Gasteiger partial charge >= 0.3 is 0 Å². The van der Waals surface area contributed by atoms with Gasteiger partial charge in [0.25, 0.3) is 0 Å². The third-order valence-corrected chi connectivity index (χ3v) is 7.48. The maximum Gasteiger partial charge on any atom is 0.123 e. The molecule has 2 heteroatoms. The second-order valence-electron chi connectivity index (χ2n) is 9.37. The predicted molar refractivity (Wildman–Crippen MR) is 150 cm³/mol. The molecule has 4 aromatic carbocycles. The molecule has 0 saturated carbocycles. The molecule has 5 aromatic rings. The van der Waals surface area contributed by atoms with Crippen molar-refractivity contribution >= 4 is 10.9 Å². The van der Waals surface area contributed by atoms with Gasteiger partial charge in [-0.15, -0.1) is 0 Å². The predicted octanol–water partition coefficient (Wildman–Crippen LogP) is 8.45. The average molecular weight is 468 g/mol. The lowest BCUT2D eigenvalue weighted by Crippen LogP contribution is -2.33. The van der Waals surface area contributed by atoms with E-state index < -0.39 is 5.41 Å². The molecule has 0 spiro atoms. The van der Waals surface area contributed by atoms with Gasteiger partial charge in [-0.05, 0) is 42.2 Å². The fraction of sp³-hybridized carbons (Fsp3) is 0.118. The van der Waals surface area contributed by atoms with E-state index >= 15 is 0 Å². The first kappa shape index (κ1) is 22.2. The molecule has 0 amide bonds. The Bertz CT molecular complexity index is 1590. The molecule has 6 rings (SSSR count). The van der Waals surface area contributed by atoms with Gasteiger partial charge in [0, 0.05) is 27.7 Å². The van der Waals surface area contributed by atoms with E-state index in [1.165, 1.54) is 38.9 Å². The average Bonchev–Trinajstić information content (AvgIpc) is 3.55. The number of aromatic nitrogens is 1. The molecule has 176 valence electrons. The lowest BCUT2D eigenvalue weighted by Gasteiger charge is -2.39. The summed E-state index contributed by atoms with van der Waals surface area (Å²) in [7, 11) is 1.77. The number of para-hydroxylation sites is 2. The largest absolute Gasteiger partial charge is 0.496 e. The second-order valence-corrected chi connectivity index (χ2v) is 9.37. The zero-order valence-electron chi connectivity index (χ0n) is 20.7. The molecule has 1 aromatic heterocycles. The Morgan fingerprint density at radius 3 is 2.14 bits per heavy atom. The lowest BCUT2D eigenvalue weighted by molar-refractivity contribution is 0.404. The molecule has 1 atom stereocenters. The smallest absolute Gasteiger partial charge is 0.123 e. The summed E-state index contributed by atoms with van der Waals surface area (Å²) in [5, 5.41) is 1.22. The van der Waals surface area contributed by atoms with Crippen LogP contribution in [0.5, 0.6) is 5.75 Å². The molecule has 1 N–H and O–H groups in total. The summed E-state index contributed by atoms with van der Waals surface area (Å²) < 4.78 is 6.05. The Morgan fingerprint density at radius 2 is 1.42 bits per heavy atom. The third-order valence-electron chi connectivity index (χ3n) is 7.48. The number of nitrogens with one attached hydrogen (secondary N) is 1. The Kier molecular flexibility index (Phi) is 5.58. The van der Waals surface area contributed by atoms with Crippen LogP contribution < -0.4 is 4.74 Å². The van der Waals surface area contributed by atoms with Gasteiger partial charge in [0.1, 0.15) is 5.75 Å². The van der Waals surface area contributed by atoms with Gasteiger partial charge in [0.05, 0.1) is 12.5 Å². The van der Waals surface area contributed by atoms with Crippen LogP contribution in [0.15, 0.2) is 132 Å². The van der Waals surface area contributed by atoms with Crippen LogP contribution in [0.1, 0.15) is 30.2 Å². The van der Waals surface area contributed by atoms with Gasteiger partial charge in [-0.1, -0.05) is 115 Å². The fourth-order valence-electron chi connectivity index (χ4n) is 5.96. The minimum absolute atomic E-state index is 0.578. The first-order valence-corrected chi connectivity index (χ1v) is 12.5. The molecule has 1 aliphatic rings. The SMILES string of the molecule is COc1ccccc1[C@](C1=C(C)C=CC1)(c1ccccc1)c1[nH]c2ccccc2c1-c1ccccc1. The highest BCUT2D eigenvalue weighted by Gasteiger charge is 2.46. The Morgan fingerprint density at radius 1 is 0.750 bits per heavy atom. The van der Waals surface area contributed by atoms with Crippen LogP contribution in [0.2, 0.25) is 0 Å². The van der Waals surface area contributed by atoms with Crippen molar-refractivity contribution < 1.29 is 4.74 Å². The van der Waals surface area contributed by atoms with E-state index in [1.807, 2.05) is 0 Å². The van der Waals surface area contributed by atoms with Crippen molar-refractivity contribution in [1.82, 2.24) is 4.98 Å². The molecule has 2 nitrogen and oxygen atoms in total. The molecule has 0 radical (unpaired) electrons. The van der Waals surface area contributed by atoms with E-state index in [2.05, 4.69) is 133 Å². The molecule has 0 unspecified atom stereocenters. The molecule has 0 aliphatic heterocycles. The summed E-state index contributed by atoms with van der Waals surface area (Å²) in [5.41, 5.74) is 9.17. The number of hydrogen-bond donors (Lipinski definition) is 1. The number of rotatable bonds is 6. The number of allylic oxidation sites excluding steroid dienone is 4. The topological polar surface area (TPSA) is 25.0 Å². The quantitative estimate of drug-likeness (QED) is 0.266. The highest BCUT2D eigenvalue weighted by atomic mass is 16.5. The van der Waals surface area contributed by atoms with E-state index in [4.69, 9.17) is 4.74 Å². The Labute approximate surface area is 212 Å². The standard InChI is InChI=1S/C34H29NO/c1-24-14-13-21-28(24)34(26-17-7-4-8-18-26,29-20-10-12-23-31(29)36-2)33-32(25-15-5-3-6-16-25)27-19-9-11-22-30(27)35-33/h3-20,22-23,35H,21H2,1-2H3/t34-/m1/s1. The van der Waals surface area contributed by atoms with Crippen molar-refractivity contribution in [3.8, 4) is 16.9 Å². The summed E-state index contributed by atoms with van der Waals surface area (Å²) in [6.07, 6.45) is 5.41. The summed E-state index contributed by atoms with van der Waals surface area (Å²) in [4.78, 5) is 3.93. The summed E-state index contributed by atoms with van der Waals surface area (Å²) in [6.45, 7) is 2.23. The molecular weight excluding hydrogens is 438 g/mol. The number of aromatic amines is 1. The van der Waals surface area contributed by atoms with Crippen molar-refractivity contribution in [3.05, 3.63) is 149 Å². The van der Waals surface area contributed by atoms with E-state index in [0.29, 0.717) is 0 Å². The number of benzene rings is 4. The zero-order chi connectivity index (χ0) is 24.5. The number of H-pyrrole nitrogens is 1. The zero-order valence-corrected chi connectivity index (χ0v) is 20.7. The highest BCUT2D eigenvalue weighted by molar-refractivity contribution is 5.99. The van der Waals surface area contributed by atoms with Crippen LogP contribution in [-0.4, -0.2) is 12.1 Å². The van der Waals surface area contributed by atoms with Crippen LogP contribution in [-0.2, 0) is 5.41 Å². The third kappa shape index (κ3) is 3.33. The summed E-state index contributed by atoms with van der Waals surface area (Å²) in [5.74, 6) is 0.881. The van der Waals surface area contributed by atoms with Gasteiger partial charge in [-0.2, -0.15) is 0 Å². The molecule has 36 heavy (non-hydrogen) atoms. The van der Waals surface area contributed by atoms with E-state index in [-0.39, 0.29) is 0 Å². The fourth-order valence-corrected chi connectivity index (χ4v) is 5.96. The van der Waals surface area contributed by atoms with Gasteiger partial charge in [-0.25, -0.2) is 0 Å². The first-order chi connectivity index (χ1) is 17.7. The minimum atomic E-state index is -0.578. The van der Waals surface area contributed by atoms with Crippen LogP contribution in [0.4, 0.5) is 0 Å². The summed E-state index contributed by atoms with van der Waals surface area (Å²) >= 11 is 0. The van der Waals surface area contributed by atoms with Crippen molar-refractivity contribution in [3.63, 3.8) is 0 Å². The maximum atomic E-state index is 6.05. The van der Waals surface area contributed by atoms with E-state index in [1.54, 1.807) is 7.11 Å². The number of fused-ring (bicyclic) bond motifs is 1. The van der Waals surface area contributed by atoms with Crippen molar-refractivity contribution in [2.24, 2.45) is 0 Å². The molecule has 0 saturated heterocycles. The van der Waals surface area contributed by atoms with Crippen LogP contribution >= 0.6 is 0 Å². The Hall–Kier alpha value is -4.30. The van der Waals surface area contributed by atoms with Gasteiger partial charge in [-0.3, -0.25) is 0 Å². The van der Waals surface area contributed by atoms with Crippen molar-refractivity contribution in [2.45, 2.75) is 18.8 Å². The van der Waals surface area contributed by atoms with Gasteiger partial charge in [0.2, 0.25) is 0 Å². The van der Waals surface area contributed by atoms with Crippen molar-refractivity contribution in [1.29, 1.82) is 0 Å². The van der Waals surface area contributed by atoms with Crippen LogP contribution in [0, 0.1) is 0 Å². The number of hydrogen-bond acceptors (Lipinski definition) is 1. The normalized spacial score (nSPS) is 14.8. The maximum absolute atomic E-state index is 6.05. The second kappa shape index (κ2) is 9.05. The highest BCUT2D eigenvalue weighted by Crippen LogP contribution is 2.54. The molecular formula is C34H29NO. The van der Waals surface area contributed by atoms with Gasteiger partial charge in [0.15, 0.2) is 0 Å². The molecule has 0 bridgehead atoms. The summed E-state index contributed by atoms with van der Waals surface area (Å²) in [6, 6.07) is 38.7. The minimum Gasteiger partial charge on any atom is -0.496 e. The van der Waals surface area contributed by atoms with E-state index in [0.717, 1.165) is 23.3 Å². The number of methoxy groups -OCH3 is 1. The van der Waals surface area contributed by atoms with Gasteiger partial charge < -0.3 is 9.72 Å². The van der Waals surface area contributed by atoms with Crippen LogP contribution in [0.3, 0.4) is 0 Å². The van der Waals surface area contributed by atoms with Crippen molar-refractivity contribution in [2.75, 3.05) is 7.11 Å². The molecule has 0 fully saturated rings. The monoisotopic (exact) mass is 467 g/mol. The van der Waals surface area contributed by atoms with E-state index in [9.17, 15) is 0 Å². The Balaban J connectivity index is 1.85. The number of ether oxygens (including phenoxy) is 1. The first-order valence-electron chi connectivity index (χ1n) is 12.5. The lowest BCUT2D eigenvalue weighted by atomic mass is 9.64. The van der Waals surface area contributed by atoms with Crippen LogP contribution in [0.25, 0.3) is 22.0 Å². The molecule has 1 heterocycles.